The molecule has 10 heteroatoms. The van der Waals surface area contributed by atoms with Gasteiger partial charge < -0.3 is 24.9 Å². The van der Waals surface area contributed by atoms with Crippen molar-refractivity contribution >= 4 is 40.2 Å². The molecule has 0 bridgehead atoms. The molecular weight excluding hydrogens is 574 g/mol. The summed E-state index contributed by atoms with van der Waals surface area (Å²) in [6.45, 7) is 9.01. The molecule has 1 aliphatic heterocycles. The second-order valence-corrected chi connectivity index (χ2v) is 12.6. The lowest BCUT2D eigenvalue weighted by Gasteiger charge is -2.29. The molecule has 3 atom stereocenters. The molecule has 0 aliphatic carbocycles. The van der Waals surface area contributed by atoms with Crippen molar-refractivity contribution in [1.29, 1.82) is 0 Å². The summed E-state index contributed by atoms with van der Waals surface area (Å²) in [5, 5.41) is 12.0. The summed E-state index contributed by atoms with van der Waals surface area (Å²) in [5.41, 5.74) is -0.566. The number of fused-ring (bicyclic) bond motifs is 1. The minimum Gasteiger partial charge on any atom is -0.467 e. The van der Waals surface area contributed by atoms with Crippen LogP contribution in [0.15, 0.2) is 78.0 Å². The number of esters is 2. The number of nitrogens with one attached hydrogen (secondary N) is 2. The van der Waals surface area contributed by atoms with Crippen molar-refractivity contribution in [3.63, 3.8) is 0 Å². The number of ether oxygens (including phenoxy) is 2. The molecule has 3 aromatic carbocycles. The Labute approximate surface area is 263 Å². The van der Waals surface area contributed by atoms with Crippen LogP contribution in [0.2, 0.25) is 0 Å². The van der Waals surface area contributed by atoms with Crippen LogP contribution in [0.25, 0.3) is 10.8 Å². The van der Waals surface area contributed by atoms with E-state index in [0.29, 0.717) is 11.3 Å². The zero-order valence-corrected chi connectivity index (χ0v) is 26.6. The molecule has 10 nitrogen and oxygen atoms in total. The molecule has 4 rings (SSSR count). The van der Waals surface area contributed by atoms with E-state index in [1.165, 1.54) is 7.11 Å². The van der Waals surface area contributed by atoms with Crippen LogP contribution < -0.4 is 10.6 Å². The third kappa shape index (κ3) is 8.47. The van der Waals surface area contributed by atoms with E-state index < -0.39 is 47.6 Å². The fourth-order valence-electron chi connectivity index (χ4n) is 5.26. The minimum atomic E-state index is -1.56. The maximum Gasteiger partial charge on any atom is 0.328 e. The molecule has 0 saturated carbocycles. The molecule has 0 fully saturated rings. The minimum absolute atomic E-state index is 0.0366. The molecule has 1 heterocycles. The third-order valence-corrected chi connectivity index (χ3v) is 7.46. The monoisotopic (exact) mass is 615 g/mol. The van der Waals surface area contributed by atoms with Gasteiger partial charge >= 0.3 is 11.9 Å². The molecule has 0 spiro atoms. The van der Waals surface area contributed by atoms with Crippen LogP contribution in [0.3, 0.4) is 0 Å². The Hall–Kier alpha value is -4.73. The number of rotatable bonds is 11. The Bertz CT molecular complexity index is 1580. The number of oxime groups is 1. The van der Waals surface area contributed by atoms with Gasteiger partial charge in [-0.3, -0.25) is 14.4 Å². The lowest BCUT2D eigenvalue weighted by molar-refractivity contribution is -0.160. The molecule has 45 heavy (non-hydrogen) atoms. The highest BCUT2D eigenvalue weighted by Crippen LogP contribution is 2.32. The summed E-state index contributed by atoms with van der Waals surface area (Å²) < 4.78 is 10.3. The van der Waals surface area contributed by atoms with Crippen molar-refractivity contribution in [2.24, 2.45) is 11.1 Å². The highest BCUT2D eigenvalue weighted by atomic mass is 16.7. The molecule has 238 valence electrons. The predicted octanol–water partition coefficient (Wildman–Crippen LogP) is 4.74. The number of carbonyl (C=O) groups is 4. The Morgan fingerprint density at radius 2 is 1.60 bits per heavy atom. The fourth-order valence-corrected chi connectivity index (χ4v) is 5.26. The van der Waals surface area contributed by atoms with Crippen molar-refractivity contribution in [3.8, 4) is 0 Å². The van der Waals surface area contributed by atoms with E-state index in [1.807, 2.05) is 80.6 Å². The predicted molar refractivity (Wildman–Crippen MR) is 170 cm³/mol. The van der Waals surface area contributed by atoms with Crippen molar-refractivity contribution < 1.29 is 33.5 Å². The molecule has 0 aromatic heterocycles. The van der Waals surface area contributed by atoms with Gasteiger partial charge in [0, 0.05) is 18.4 Å². The maximum absolute atomic E-state index is 14.0. The number of hydrogen-bond acceptors (Lipinski definition) is 8. The van der Waals surface area contributed by atoms with Gasteiger partial charge in [-0.1, -0.05) is 79.7 Å². The topological polar surface area (TPSA) is 132 Å². The third-order valence-electron chi connectivity index (χ3n) is 7.46. The van der Waals surface area contributed by atoms with Crippen molar-refractivity contribution in [3.05, 3.63) is 83.9 Å². The van der Waals surface area contributed by atoms with E-state index in [0.717, 1.165) is 16.3 Å². The van der Waals surface area contributed by atoms with E-state index >= 15 is 0 Å². The zero-order chi connectivity index (χ0) is 32.8. The van der Waals surface area contributed by atoms with Gasteiger partial charge in [-0.05, 0) is 55.2 Å². The Balaban J connectivity index is 1.58. The van der Waals surface area contributed by atoms with Gasteiger partial charge in [-0.2, -0.15) is 0 Å². The molecule has 1 aliphatic rings. The number of carbonyl (C=O) groups excluding carboxylic acids is 4. The van der Waals surface area contributed by atoms with E-state index in [4.69, 9.17) is 14.3 Å². The Kier molecular flexibility index (Phi) is 10.3. The molecule has 0 saturated heterocycles. The standard InChI is InChI=1S/C35H41N3O7/c1-22(2)30(37-31(40)26-17-16-24-14-10-11-15-25(24)18-26)28-21-35(45-38-28,20-23-12-8-7-9-13-23)33(42)36-27(32(41)43-6)19-29(39)44-34(3,4)5/h7-18,22,27,30H,19-21H2,1-6H3,(H,36,42)(H,37,40)/t27-,30-,35?/m0/s1. The zero-order valence-electron chi connectivity index (χ0n) is 26.6. The van der Waals surface area contributed by atoms with Crippen molar-refractivity contribution in [2.75, 3.05) is 7.11 Å². The second-order valence-electron chi connectivity index (χ2n) is 12.6. The fraction of sp³-hybridized carbons (Fsp3) is 0.400. The van der Waals surface area contributed by atoms with Gasteiger partial charge in [0.1, 0.15) is 11.6 Å². The van der Waals surface area contributed by atoms with Crippen LogP contribution in [0.4, 0.5) is 0 Å². The summed E-state index contributed by atoms with van der Waals surface area (Å²) in [7, 11) is 1.18. The van der Waals surface area contributed by atoms with E-state index in [-0.39, 0.29) is 24.7 Å². The van der Waals surface area contributed by atoms with E-state index in [1.54, 1.807) is 26.8 Å². The molecule has 2 N–H and O–H groups in total. The Morgan fingerprint density at radius 1 is 0.933 bits per heavy atom. The first-order chi connectivity index (χ1) is 21.3. The summed E-state index contributed by atoms with van der Waals surface area (Å²) in [5.74, 6) is -2.49. The normalized spacial score (nSPS) is 17.5. The van der Waals surface area contributed by atoms with Gasteiger partial charge in [0.15, 0.2) is 0 Å². The van der Waals surface area contributed by atoms with Gasteiger partial charge in [-0.25, -0.2) is 4.79 Å². The van der Waals surface area contributed by atoms with Crippen LogP contribution >= 0.6 is 0 Å². The van der Waals surface area contributed by atoms with Crippen molar-refractivity contribution in [2.45, 2.75) is 77.2 Å². The average molecular weight is 616 g/mol. The molecule has 0 radical (unpaired) electrons. The largest absolute Gasteiger partial charge is 0.467 e. The smallest absolute Gasteiger partial charge is 0.328 e. The molecule has 3 aromatic rings. The first kappa shape index (κ1) is 33.2. The summed E-state index contributed by atoms with van der Waals surface area (Å²) in [6.07, 6.45) is -0.271. The van der Waals surface area contributed by atoms with E-state index in [2.05, 4.69) is 15.8 Å². The van der Waals surface area contributed by atoms with Gasteiger partial charge in [0.25, 0.3) is 11.8 Å². The van der Waals surface area contributed by atoms with Crippen LogP contribution in [-0.2, 0) is 35.1 Å². The maximum atomic E-state index is 14.0. The number of hydrogen-bond donors (Lipinski definition) is 2. The van der Waals surface area contributed by atoms with Crippen LogP contribution in [0.5, 0.6) is 0 Å². The molecule has 1 unspecified atom stereocenters. The van der Waals surface area contributed by atoms with E-state index in [9.17, 15) is 19.2 Å². The highest BCUT2D eigenvalue weighted by molar-refractivity contribution is 6.04. The van der Waals surface area contributed by atoms with Gasteiger partial charge in [-0.15, -0.1) is 0 Å². The van der Waals surface area contributed by atoms with Crippen LogP contribution in [-0.4, -0.2) is 59.9 Å². The lowest BCUT2D eigenvalue weighted by Crippen LogP contribution is -2.55. The number of benzene rings is 3. The van der Waals surface area contributed by atoms with Gasteiger partial charge in [0.05, 0.1) is 25.3 Å². The first-order valence-electron chi connectivity index (χ1n) is 15.0. The first-order valence-corrected chi connectivity index (χ1v) is 15.0. The number of nitrogens with zero attached hydrogens (tertiary/aromatic N) is 1. The second kappa shape index (κ2) is 13.9. The number of amides is 2. The summed E-state index contributed by atoms with van der Waals surface area (Å²) in [4.78, 5) is 58.6. The number of methoxy groups -OCH3 is 1. The lowest BCUT2D eigenvalue weighted by atomic mass is 9.84. The SMILES string of the molecule is COC(=O)[C@H](CC(=O)OC(C)(C)C)NC(=O)C1(Cc2ccccc2)CC([C@@H](NC(=O)c2ccc3ccccc3c2)C(C)C)=NO1. The Morgan fingerprint density at radius 3 is 2.24 bits per heavy atom. The molecule has 2 amide bonds. The summed E-state index contributed by atoms with van der Waals surface area (Å²) >= 11 is 0. The van der Waals surface area contributed by atoms with Gasteiger partial charge in [0.2, 0.25) is 5.60 Å². The quantitative estimate of drug-likeness (QED) is 0.298. The average Bonchev–Trinajstić information content (AvgIpc) is 3.42. The van der Waals surface area contributed by atoms with Crippen LogP contribution in [0.1, 0.15) is 63.4 Å². The van der Waals surface area contributed by atoms with Crippen LogP contribution in [0, 0.1) is 5.92 Å². The molecular formula is C35H41N3O7. The highest BCUT2D eigenvalue weighted by Gasteiger charge is 2.50. The summed E-state index contributed by atoms with van der Waals surface area (Å²) in [6, 6.07) is 20.7. The van der Waals surface area contributed by atoms with Crippen molar-refractivity contribution in [1.82, 2.24) is 10.6 Å².